The molecule has 2 aromatic carbocycles. The number of hydrogen-bond donors (Lipinski definition) is 0. The summed E-state index contributed by atoms with van der Waals surface area (Å²) in [6, 6.07) is 4.90. The summed E-state index contributed by atoms with van der Waals surface area (Å²) in [5.74, 6) is -4.38. The van der Waals surface area contributed by atoms with Crippen LogP contribution in [0, 0.1) is 17.5 Å². The maximum atomic E-state index is 14.0. The molecule has 4 rings (SSSR count). The Bertz CT molecular complexity index is 1060. The molecule has 0 atom stereocenters. The lowest BCUT2D eigenvalue weighted by atomic mass is 9.82. The van der Waals surface area contributed by atoms with Crippen LogP contribution in [-0.4, -0.2) is 49.5 Å². The zero-order valence-electron chi connectivity index (χ0n) is 17.0. The van der Waals surface area contributed by atoms with Crippen LogP contribution in [0.1, 0.15) is 40.0 Å². The van der Waals surface area contributed by atoms with Crippen LogP contribution in [0.2, 0.25) is 0 Å². The number of amides is 1. The number of likely N-dealkylation sites (tertiary alicyclic amines) is 1. The van der Waals surface area contributed by atoms with Crippen LogP contribution in [-0.2, 0) is 0 Å². The van der Waals surface area contributed by atoms with E-state index in [0.29, 0.717) is 35.7 Å². The van der Waals surface area contributed by atoms with E-state index in [-0.39, 0.29) is 25.3 Å². The maximum absolute atomic E-state index is 14.0. The summed E-state index contributed by atoms with van der Waals surface area (Å²) in [5, 5.41) is 0. The second kappa shape index (κ2) is 7.79. The van der Waals surface area contributed by atoms with Gasteiger partial charge in [-0.05, 0) is 24.3 Å². The summed E-state index contributed by atoms with van der Waals surface area (Å²) in [6.07, 6.45) is 0.724. The van der Waals surface area contributed by atoms with Gasteiger partial charge >= 0.3 is 0 Å². The third-order valence-corrected chi connectivity index (χ3v) is 5.83. The third kappa shape index (κ3) is 3.47. The Balaban J connectivity index is 1.56. The fourth-order valence-corrected chi connectivity index (χ4v) is 4.12. The van der Waals surface area contributed by atoms with Gasteiger partial charge in [0, 0.05) is 25.9 Å². The van der Waals surface area contributed by atoms with Crippen LogP contribution in [0.3, 0.4) is 0 Å². The van der Waals surface area contributed by atoms with Crippen LogP contribution in [0.5, 0.6) is 17.2 Å². The van der Waals surface area contributed by atoms with E-state index in [2.05, 4.69) is 0 Å². The monoisotopic (exact) mass is 435 g/mol. The van der Waals surface area contributed by atoms with Crippen molar-refractivity contribution in [3.63, 3.8) is 0 Å². The number of nitrogens with zero attached hydrogens (tertiary/aromatic N) is 1. The highest BCUT2D eigenvalue weighted by molar-refractivity contribution is 6.01. The third-order valence-electron chi connectivity index (χ3n) is 5.83. The molecule has 0 N–H and O–H groups in total. The van der Waals surface area contributed by atoms with Gasteiger partial charge in [0.25, 0.3) is 5.91 Å². The Morgan fingerprint density at radius 3 is 2.39 bits per heavy atom. The Kier molecular flexibility index (Phi) is 5.28. The minimum atomic E-state index is -1.68. The molecule has 2 aliphatic rings. The predicted octanol–water partition coefficient (Wildman–Crippen LogP) is 3.76. The molecule has 1 spiro atoms. The summed E-state index contributed by atoms with van der Waals surface area (Å²) in [4.78, 5) is 26.8. The molecule has 164 valence electrons. The second-order valence-corrected chi connectivity index (χ2v) is 7.58. The number of halogens is 3. The molecule has 9 heteroatoms. The summed E-state index contributed by atoms with van der Waals surface area (Å²) < 4.78 is 57.6. The Hall–Kier alpha value is -3.23. The normalized spacial score (nSPS) is 17.2. The first-order valence-electron chi connectivity index (χ1n) is 9.70. The number of methoxy groups -OCH3 is 2. The van der Waals surface area contributed by atoms with E-state index < -0.39 is 34.5 Å². The zero-order chi connectivity index (χ0) is 22.3. The van der Waals surface area contributed by atoms with E-state index in [9.17, 15) is 22.8 Å². The minimum absolute atomic E-state index is 0.117. The molecular weight excluding hydrogens is 415 g/mol. The van der Waals surface area contributed by atoms with Crippen LogP contribution in [0.4, 0.5) is 13.2 Å². The van der Waals surface area contributed by atoms with Crippen molar-refractivity contribution in [2.45, 2.75) is 24.9 Å². The molecule has 0 radical (unpaired) electrons. The van der Waals surface area contributed by atoms with Crippen molar-refractivity contribution < 1.29 is 37.0 Å². The topological polar surface area (TPSA) is 65.1 Å². The number of fused-ring (bicyclic) bond motifs is 1. The number of ether oxygens (including phenoxy) is 3. The van der Waals surface area contributed by atoms with Crippen molar-refractivity contribution in [2.75, 3.05) is 27.3 Å². The molecular formula is C22H20F3NO5. The van der Waals surface area contributed by atoms with Crippen molar-refractivity contribution in [1.82, 2.24) is 4.90 Å². The van der Waals surface area contributed by atoms with E-state index in [1.807, 2.05) is 0 Å². The number of ketones is 1. The van der Waals surface area contributed by atoms with Gasteiger partial charge < -0.3 is 19.1 Å². The van der Waals surface area contributed by atoms with Crippen LogP contribution < -0.4 is 14.2 Å². The molecule has 1 amide bonds. The molecule has 31 heavy (non-hydrogen) atoms. The van der Waals surface area contributed by atoms with Gasteiger partial charge in [-0.3, -0.25) is 9.59 Å². The lowest BCUT2D eigenvalue weighted by molar-refractivity contribution is -0.00757. The molecule has 6 nitrogen and oxygen atoms in total. The van der Waals surface area contributed by atoms with Crippen molar-refractivity contribution >= 4 is 11.7 Å². The van der Waals surface area contributed by atoms with E-state index in [1.165, 1.54) is 19.1 Å². The minimum Gasteiger partial charge on any atom is -0.493 e. The van der Waals surface area contributed by atoms with Crippen molar-refractivity contribution in [2.24, 2.45) is 0 Å². The SMILES string of the molecule is COc1ccc2c(c1OC)OC1(CCN(C(=O)c3ccc(F)c(F)c3F)CC1)CC2=O. The van der Waals surface area contributed by atoms with E-state index in [4.69, 9.17) is 14.2 Å². The smallest absolute Gasteiger partial charge is 0.256 e. The number of carbonyl (C=O) groups is 2. The number of carbonyl (C=O) groups excluding carboxylic acids is 2. The van der Waals surface area contributed by atoms with E-state index >= 15 is 0 Å². The summed E-state index contributed by atoms with van der Waals surface area (Å²) in [6.45, 7) is 0.318. The van der Waals surface area contributed by atoms with Gasteiger partial charge in [0.05, 0.1) is 31.8 Å². The molecule has 1 saturated heterocycles. The zero-order valence-corrected chi connectivity index (χ0v) is 17.0. The lowest BCUT2D eigenvalue weighted by Gasteiger charge is -2.44. The van der Waals surface area contributed by atoms with Gasteiger partial charge in [0.15, 0.2) is 34.7 Å². The quantitative estimate of drug-likeness (QED) is 0.687. The standard InChI is InChI=1S/C22H20F3NO5/c1-29-16-6-4-12-15(27)11-22(31-19(12)20(16)30-2)7-9-26(10-8-22)21(28)13-3-5-14(23)18(25)17(13)24/h3-6H,7-11H2,1-2H3. The molecule has 0 saturated carbocycles. The number of hydrogen-bond acceptors (Lipinski definition) is 5. The van der Waals surface area contributed by atoms with Crippen LogP contribution in [0.25, 0.3) is 0 Å². The molecule has 0 bridgehead atoms. The largest absolute Gasteiger partial charge is 0.493 e. The van der Waals surface area contributed by atoms with Gasteiger partial charge in [0.1, 0.15) is 5.60 Å². The van der Waals surface area contributed by atoms with E-state index in [1.54, 1.807) is 12.1 Å². The van der Waals surface area contributed by atoms with Gasteiger partial charge in [-0.15, -0.1) is 0 Å². The number of Topliss-reactive ketones (excluding diaryl/α,β-unsaturated/α-hetero) is 1. The first-order chi connectivity index (χ1) is 14.8. The summed E-state index contributed by atoms with van der Waals surface area (Å²) in [5.41, 5.74) is -0.995. The first-order valence-corrected chi connectivity index (χ1v) is 9.70. The first kappa shape index (κ1) is 21.0. The molecule has 1 fully saturated rings. The highest BCUT2D eigenvalue weighted by atomic mass is 19.2. The fourth-order valence-electron chi connectivity index (χ4n) is 4.12. The molecule has 2 heterocycles. The number of piperidine rings is 1. The van der Waals surface area contributed by atoms with Crippen molar-refractivity contribution in [1.29, 1.82) is 0 Å². The Morgan fingerprint density at radius 2 is 1.74 bits per heavy atom. The van der Waals surface area contributed by atoms with Crippen LogP contribution >= 0.6 is 0 Å². The van der Waals surface area contributed by atoms with Crippen LogP contribution in [0.15, 0.2) is 24.3 Å². The van der Waals surface area contributed by atoms with Crippen molar-refractivity contribution in [3.05, 3.63) is 52.8 Å². The number of benzene rings is 2. The van der Waals surface area contributed by atoms with Gasteiger partial charge in [0.2, 0.25) is 5.75 Å². The highest BCUT2D eigenvalue weighted by Crippen LogP contribution is 2.47. The predicted molar refractivity (Wildman–Crippen MR) is 103 cm³/mol. The number of rotatable bonds is 3. The molecule has 0 aliphatic carbocycles. The molecule has 2 aliphatic heterocycles. The maximum Gasteiger partial charge on any atom is 0.256 e. The van der Waals surface area contributed by atoms with Gasteiger partial charge in [-0.25, -0.2) is 13.2 Å². The average Bonchev–Trinajstić information content (AvgIpc) is 2.77. The lowest BCUT2D eigenvalue weighted by Crippen LogP contribution is -2.52. The Morgan fingerprint density at radius 1 is 1.03 bits per heavy atom. The second-order valence-electron chi connectivity index (χ2n) is 7.58. The Labute approximate surface area is 176 Å². The van der Waals surface area contributed by atoms with Gasteiger partial charge in [-0.2, -0.15) is 0 Å². The summed E-state index contributed by atoms with van der Waals surface area (Å²) in [7, 11) is 2.93. The highest BCUT2D eigenvalue weighted by Gasteiger charge is 2.45. The molecule has 2 aromatic rings. The van der Waals surface area contributed by atoms with Crippen molar-refractivity contribution in [3.8, 4) is 17.2 Å². The summed E-state index contributed by atoms with van der Waals surface area (Å²) >= 11 is 0. The molecule has 0 unspecified atom stereocenters. The molecule has 0 aromatic heterocycles. The van der Waals surface area contributed by atoms with E-state index in [0.717, 1.165) is 12.1 Å². The fraction of sp³-hybridized carbons (Fsp3) is 0.364. The average molecular weight is 435 g/mol. The van der Waals surface area contributed by atoms with Gasteiger partial charge in [-0.1, -0.05) is 0 Å².